The van der Waals surface area contributed by atoms with E-state index in [1.165, 1.54) is 25.1 Å². The lowest BCUT2D eigenvalue weighted by molar-refractivity contribution is -0.118. The Morgan fingerprint density at radius 1 is 1.42 bits per heavy atom. The lowest BCUT2D eigenvalue weighted by Gasteiger charge is -2.05. The van der Waals surface area contributed by atoms with Crippen LogP contribution in [0.25, 0.3) is 0 Å². The van der Waals surface area contributed by atoms with Crippen molar-refractivity contribution in [2.45, 2.75) is 6.92 Å². The Bertz CT molecular complexity index is 584. The predicted molar refractivity (Wildman–Crippen MR) is 64.2 cm³/mol. The van der Waals surface area contributed by atoms with E-state index in [0.717, 1.165) is 6.07 Å². The number of allylic oxidation sites excluding steroid dienone is 1. The Hall–Kier alpha value is -2.68. The van der Waals surface area contributed by atoms with Crippen LogP contribution in [0.15, 0.2) is 35.5 Å². The van der Waals surface area contributed by atoms with E-state index < -0.39 is 24.2 Å². The van der Waals surface area contributed by atoms with Gasteiger partial charge in [-0.1, -0.05) is 12.1 Å². The van der Waals surface area contributed by atoms with Gasteiger partial charge in [0, 0.05) is 5.70 Å². The van der Waals surface area contributed by atoms with E-state index >= 15 is 0 Å². The molecular formula is C13H11FN2O3. The molecule has 5 nitrogen and oxygen atoms in total. The monoisotopic (exact) mass is 262 g/mol. The van der Waals surface area contributed by atoms with Crippen molar-refractivity contribution >= 4 is 11.8 Å². The number of rotatable bonds is 4. The average molecular weight is 262 g/mol. The summed E-state index contributed by atoms with van der Waals surface area (Å²) in [4.78, 5) is 23.0. The zero-order valence-corrected chi connectivity index (χ0v) is 10.1. The van der Waals surface area contributed by atoms with Crippen molar-refractivity contribution < 1.29 is 18.7 Å². The van der Waals surface area contributed by atoms with Gasteiger partial charge < -0.3 is 10.5 Å². The second-order valence-electron chi connectivity index (χ2n) is 3.65. The molecular weight excluding hydrogens is 251 g/mol. The molecule has 1 rings (SSSR count). The fourth-order valence-electron chi connectivity index (χ4n) is 1.28. The maximum Gasteiger partial charge on any atom is 0.341 e. The van der Waals surface area contributed by atoms with Crippen LogP contribution in [0.4, 0.5) is 4.39 Å². The Balaban J connectivity index is 2.72. The Kier molecular flexibility index (Phi) is 4.77. The van der Waals surface area contributed by atoms with Gasteiger partial charge in [-0.25, -0.2) is 9.18 Å². The summed E-state index contributed by atoms with van der Waals surface area (Å²) in [6, 6.07) is 6.84. The Labute approximate surface area is 109 Å². The zero-order chi connectivity index (χ0) is 14.4. The average Bonchev–Trinajstić information content (AvgIpc) is 2.37. The summed E-state index contributed by atoms with van der Waals surface area (Å²) in [6.45, 7) is 0.722. The molecule has 0 saturated carbocycles. The molecule has 98 valence electrons. The van der Waals surface area contributed by atoms with Gasteiger partial charge >= 0.3 is 5.97 Å². The molecule has 19 heavy (non-hydrogen) atoms. The molecule has 0 aromatic heterocycles. The van der Waals surface area contributed by atoms with Crippen molar-refractivity contribution in [2.75, 3.05) is 6.61 Å². The van der Waals surface area contributed by atoms with Crippen LogP contribution in [0.1, 0.15) is 17.3 Å². The van der Waals surface area contributed by atoms with E-state index in [1.54, 1.807) is 6.07 Å². The molecule has 0 aliphatic rings. The third-order valence-electron chi connectivity index (χ3n) is 2.21. The number of ether oxygens (including phenoxy) is 1. The highest BCUT2D eigenvalue weighted by atomic mass is 19.1. The molecule has 0 atom stereocenters. The predicted octanol–water partition coefficient (Wildman–Crippen LogP) is 1.31. The van der Waals surface area contributed by atoms with Crippen molar-refractivity contribution in [1.29, 1.82) is 5.26 Å². The van der Waals surface area contributed by atoms with Crippen LogP contribution in [0.3, 0.4) is 0 Å². The van der Waals surface area contributed by atoms with E-state index in [-0.39, 0.29) is 16.8 Å². The molecule has 0 spiro atoms. The van der Waals surface area contributed by atoms with Crippen LogP contribution in [0.5, 0.6) is 0 Å². The van der Waals surface area contributed by atoms with Gasteiger partial charge in [0.05, 0.1) is 5.56 Å². The summed E-state index contributed by atoms with van der Waals surface area (Å²) in [5, 5.41) is 8.68. The van der Waals surface area contributed by atoms with Gasteiger partial charge in [0.15, 0.2) is 6.61 Å². The minimum absolute atomic E-state index is 0.0365. The maximum atomic E-state index is 13.3. The highest BCUT2D eigenvalue weighted by molar-refractivity contribution is 6.02. The number of halogens is 1. The molecule has 0 saturated heterocycles. The van der Waals surface area contributed by atoms with Gasteiger partial charge in [-0.3, -0.25) is 4.79 Å². The van der Waals surface area contributed by atoms with Gasteiger partial charge in [-0.05, 0) is 19.1 Å². The van der Waals surface area contributed by atoms with Crippen LogP contribution in [-0.4, -0.2) is 18.4 Å². The second-order valence-corrected chi connectivity index (χ2v) is 3.65. The van der Waals surface area contributed by atoms with Crippen LogP contribution in [-0.2, 0) is 9.53 Å². The first kappa shape index (κ1) is 14.4. The first-order chi connectivity index (χ1) is 8.97. The van der Waals surface area contributed by atoms with E-state index in [0.29, 0.717) is 0 Å². The summed E-state index contributed by atoms with van der Waals surface area (Å²) in [5.41, 5.74) is 4.81. The standard InChI is InChI=1S/C13H11FN2O3/c1-8(16)10(6-15)12(17)7-19-13(18)9-4-2-3-5-11(9)14/h2-5H,7,16H2,1H3/b10-8+. The molecule has 0 heterocycles. The number of benzene rings is 1. The zero-order valence-electron chi connectivity index (χ0n) is 10.1. The molecule has 0 fully saturated rings. The summed E-state index contributed by atoms with van der Waals surface area (Å²) >= 11 is 0. The molecule has 0 aliphatic heterocycles. The molecule has 1 aromatic carbocycles. The molecule has 0 unspecified atom stereocenters. The molecule has 0 radical (unpaired) electrons. The normalized spacial score (nSPS) is 11.2. The number of carbonyl (C=O) groups excluding carboxylic acids is 2. The third kappa shape index (κ3) is 3.64. The highest BCUT2D eigenvalue weighted by Crippen LogP contribution is 2.08. The molecule has 1 aromatic rings. The van der Waals surface area contributed by atoms with Crippen molar-refractivity contribution in [3.05, 3.63) is 46.9 Å². The number of nitrogens with zero attached hydrogens (tertiary/aromatic N) is 1. The number of nitrogens with two attached hydrogens (primary N) is 1. The van der Waals surface area contributed by atoms with E-state index in [4.69, 9.17) is 11.0 Å². The number of nitriles is 1. The number of hydrogen-bond donors (Lipinski definition) is 1. The summed E-state index contributed by atoms with van der Waals surface area (Å²) in [5.74, 6) is -2.45. The quantitative estimate of drug-likeness (QED) is 0.501. The second kappa shape index (κ2) is 6.31. The smallest absolute Gasteiger partial charge is 0.341 e. The molecule has 0 amide bonds. The first-order valence-corrected chi connectivity index (χ1v) is 5.28. The maximum absolute atomic E-state index is 13.3. The Morgan fingerprint density at radius 2 is 2.05 bits per heavy atom. The summed E-state index contributed by atoms with van der Waals surface area (Å²) in [6.07, 6.45) is 0. The lowest BCUT2D eigenvalue weighted by Crippen LogP contribution is -2.18. The first-order valence-electron chi connectivity index (χ1n) is 5.28. The van der Waals surface area contributed by atoms with Gasteiger partial charge in [0.1, 0.15) is 17.5 Å². The van der Waals surface area contributed by atoms with Gasteiger partial charge in [-0.15, -0.1) is 0 Å². The number of hydrogen-bond acceptors (Lipinski definition) is 5. The third-order valence-corrected chi connectivity index (χ3v) is 2.21. The number of carbonyl (C=O) groups is 2. The summed E-state index contributed by atoms with van der Waals surface area (Å²) < 4.78 is 17.9. The lowest BCUT2D eigenvalue weighted by atomic mass is 10.1. The van der Waals surface area contributed by atoms with Crippen LogP contribution < -0.4 is 5.73 Å². The number of ketones is 1. The molecule has 2 N–H and O–H groups in total. The Morgan fingerprint density at radius 3 is 2.58 bits per heavy atom. The minimum atomic E-state index is -0.974. The van der Waals surface area contributed by atoms with Crippen molar-refractivity contribution in [3.63, 3.8) is 0 Å². The van der Waals surface area contributed by atoms with Crippen LogP contribution in [0.2, 0.25) is 0 Å². The SMILES string of the molecule is C/C(N)=C(/C#N)C(=O)COC(=O)c1ccccc1F. The molecule has 6 heteroatoms. The van der Waals surface area contributed by atoms with Crippen LogP contribution >= 0.6 is 0 Å². The highest BCUT2D eigenvalue weighted by Gasteiger charge is 2.17. The van der Waals surface area contributed by atoms with E-state index in [2.05, 4.69) is 4.74 Å². The van der Waals surface area contributed by atoms with E-state index in [1.807, 2.05) is 0 Å². The van der Waals surface area contributed by atoms with Crippen molar-refractivity contribution in [2.24, 2.45) is 5.73 Å². The summed E-state index contributed by atoms with van der Waals surface area (Å²) in [7, 11) is 0. The molecule has 0 aliphatic carbocycles. The van der Waals surface area contributed by atoms with Crippen molar-refractivity contribution in [1.82, 2.24) is 0 Å². The van der Waals surface area contributed by atoms with Gasteiger partial charge in [0.2, 0.25) is 5.78 Å². The minimum Gasteiger partial charge on any atom is -0.454 e. The fraction of sp³-hybridized carbons (Fsp3) is 0.154. The van der Waals surface area contributed by atoms with Gasteiger partial charge in [0.25, 0.3) is 0 Å². The number of esters is 1. The largest absolute Gasteiger partial charge is 0.454 e. The topological polar surface area (TPSA) is 93.2 Å². The fourth-order valence-corrected chi connectivity index (χ4v) is 1.28. The van der Waals surface area contributed by atoms with Gasteiger partial charge in [-0.2, -0.15) is 5.26 Å². The van der Waals surface area contributed by atoms with Crippen molar-refractivity contribution in [3.8, 4) is 6.07 Å². The van der Waals surface area contributed by atoms with Crippen LogP contribution in [0, 0.1) is 17.1 Å². The molecule has 0 bridgehead atoms. The van der Waals surface area contributed by atoms with E-state index in [9.17, 15) is 14.0 Å². The number of Topliss-reactive ketones (excluding diaryl/α,β-unsaturated/α-hetero) is 1.